The van der Waals surface area contributed by atoms with Gasteiger partial charge in [-0.05, 0) is 30.9 Å². The van der Waals surface area contributed by atoms with E-state index in [1.807, 2.05) is 0 Å². The first-order valence-corrected chi connectivity index (χ1v) is 7.08. The number of fused-ring (bicyclic) bond motifs is 2. The van der Waals surface area contributed by atoms with Gasteiger partial charge in [-0.15, -0.1) is 0 Å². The van der Waals surface area contributed by atoms with Crippen LogP contribution in [0.3, 0.4) is 0 Å². The SMILES string of the molecule is c1c2c(c([C@H]3CCCNC3)c3c1OCC3)CCO2. The van der Waals surface area contributed by atoms with Gasteiger partial charge in [-0.3, -0.25) is 0 Å². The van der Waals surface area contributed by atoms with Crippen LogP contribution in [-0.4, -0.2) is 26.3 Å². The van der Waals surface area contributed by atoms with E-state index in [0.717, 1.165) is 44.1 Å². The maximum Gasteiger partial charge on any atom is 0.126 e. The first kappa shape index (κ1) is 10.7. The molecule has 0 aliphatic carbocycles. The molecule has 0 bridgehead atoms. The average molecular weight is 245 g/mol. The maximum absolute atomic E-state index is 5.75. The van der Waals surface area contributed by atoms with Crippen molar-refractivity contribution in [3.63, 3.8) is 0 Å². The molecule has 1 aromatic carbocycles. The second kappa shape index (κ2) is 4.16. The zero-order valence-corrected chi connectivity index (χ0v) is 10.6. The van der Waals surface area contributed by atoms with Crippen LogP contribution < -0.4 is 14.8 Å². The lowest BCUT2D eigenvalue weighted by Gasteiger charge is -2.26. The van der Waals surface area contributed by atoms with Gasteiger partial charge in [0.15, 0.2) is 0 Å². The molecule has 0 radical (unpaired) electrons. The minimum Gasteiger partial charge on any atom is -0.493 e. The molecule has 4 rings (SSSR count). The molecule has 1 fully saturated rings. The Bertz CT molecular complexity index is 446. The predicted octanol–water partition coefficient (Wildman–Crippen LogP) is 2.02. The highest BCUT2D eigenvalue weighted by molar-refractivity contribution is 5.57. The molecule has 3 aliphatic heterocycles. The Kier molecular flexibility index (Phi) is 2.47. The minimum atomic E-state index is 0.658. The van der Waals surface area contributed by atoms with Crippen LogP contribution in [0.25, 0.3) is 0 Å². The molecule has 0 saturated carbocycles. The fourth-order valence-electron chi connectivity index (χ4n) is 3.63. The number of hydrogen-bond donors (Lipinski definition) is 1. The molecule has 1 saturated heterocycles. The molecule has 18 heavy (non-hydrogen) atoms. The molecular weight excluding hydrogens is 226 g/mol. The Balaban J connectivity index is 1.84. The number of ether oxygens (including phenoxy) is 2. The van der Waals surface area contributed by atoms with Crippen molar-refractivity contribution in [1.82, 2.24) is 5.32 Å². The lowest BCUT2D eigenvalue weighted by atomic mass is 9.83. The van der Waals surface area contributed by atoms with E-state index < -0.39 is 0 Å². The zero-order valence-electron chi connectivity index (χ0n) is 10.6. The second-order valence-electron chi connectivity index (χ2n) is 5.48. The van der Waals surface area contributed by atoms with Gasteiger partial charge in [0.1, 0.15) is 11.5 Å². The molecular formula is C15H19NO2. The van der Waals surface area contributed by atoms with Crippen molar-refractivity contribution in [1.29, 1.82) is 0 Å². The summed E-state index contributed by atoms with van der Waals surface area (Å²) in [5.41, 5.74) is 4.49. The molecule has 3 heterocycles. The Morgan fingerprint density at radius 1 is 1.06 bits per heavy atom. The molecule has 1 aromatic rings. The minimum absolute atomic E-state index is 0.658. The van der Waals surface area contributed by atoms with E-state index in [4.69, 9.17) is 9.47 Å². The molecule has 0 aromatic heterocycles. The Hall–Kier alpha value is -1.22. The number of piperidine rings is 1. The average Bonchev–Trinajstić information content (AvgIpc) is 3.04. The molecule has 1 atom stereocenters. The topological polar surface area (TPSA) is 30.5 Å². The van der Waals surface area contributed by atoms with Crippen molar-refractivity contribution in [2.75, 3.05) is 26.3 Å². The summed E-state index contributed by atoms with van der Waals surface area (Å²) in [5.74, 6) is 2.82. The lowest BCUT2D eigenvalue weighted by molar-refractivity contribution is 0.342. The van der Waals surface area contributed by atoms with Crippen LogP contribution in [0.15, 0.2) is 6.07 Å². The van der Waals surface area contributed by atoms with E-state index in [0.29, 0.717) is 5.92 Å². The van der Waals surface area contributed by atoms with Crippen LogP contribution in [0.1, 0.15) is 35.4 Å². The summed E-state index contributed by atoms with van der Waals surface area (Å²) in [6.45, 7) is 3.96. The van der Waals surface area contributed by atoms with Crippen LogP contribution in [0.5, 0.6) is 11.5 Å². The van der Waals surface area contributed by atoms with Crippen LogP contribution >= 0.6 is 0 Å². The van der Waals surface area contributed by atoms with Crippen LogP contribution in [0.4, 0.5) is 0 Å². The fraction of sp³-hybridized carbons (Fsp3) is 0.600. The predicted molar refractivity (Wildman–Crippen MR) is 69.7 cm³/mol. The summed E-state index contributed by atoms with van der Waals surface area (Å²) >= 11 is 0. The summed E-state index contributed by atoms with van der Waals surface area (Å²) in [5, 5.41) is 3.53. The van der Waals surface area contributed by atoms with Crippen molar-refractivity contribution < 1.29 is 9.47 Å². The monoisotopic (exact) mass is 245 g/mol. The first-order valence-electron chi connectivity index (χ1n) is 7.08. The molecule has 0 spiro atoms. The Labute approximate surface area is 107 Å². The van der Waals surface area contributed by atoms with Crippen molar-refractivity contribution in [2.24, 2.45) is 0 Å². The smallest absolute Gasteiger partial charge is 0.126 e. The van der Waals surface area contributed by atoms with E-state index in [9.17, 15) is 0 Å². The standard InChI is InChI=1S/C15H19NO2/c1-2-10(9-16-5-1)15-11-3-6-17-13(11)8-14-12(15)4-7-18-14/h8,10,16H,1-7,9H2/t10-/m0/s1. The molecule has 96 valence electrons. The number of rotatable bonds is 1. The van der Waals surface area contributed by atoms with Gasteiger partial charge in [0, 0.05) is 36.6 Å². The molecule has 3 aliphatic rings. The van der Waals surface area contributed by atoms with E-state index >= 15 is 0 Å². The number of nitrogens with one attached hydrogen (secondary N) is 1. The normalized spacial score (nSPS) is 25.2. The Morgan fingerprint density at radius 3 is 2.39 bits per heavy atom. The highest BCUT2D eigenvalue weighted by Gasteiger charge is 2.30. The van der Waals surface area contributed by atoms with E-state index in [-0.39, 0.29) is 0 Å². The van der Waals surface area contributed by atoms with Crippen LogP contribution in [0.2, 0.25) is 0 Å². The third-order valence-electron chi connectivity index (χ3n) is 4.43. The van der Waals surface area contributed by atoms with Gasteiger partial charge >= 0.3 is 0 Å². The molecule has 3 heteroatoms. The molecule has 0 amide bonds. The zero-order chi connectivity index (χ0) is 11.9. The quantitative estimate of drug-likeness (QED) is 0.821. The van der Waals surface area contributed by atoms with Gasteiger partial charge in [0.05, 0.1) is 13.2 Å². The maximum atomic E-state index is 5.75. The number of hydrogen-bond acceptors (Lipinski definition) is 3. The van der Waals surface area contributed by atoms with Crippen LogP contribution in [0, 0.1) is 0 Å². The van der Waals surface area contributed by atoms with Crippen LogP contribution in [-0.2, 0) is 12.8 Å². The van der Waals surface area contributed by atoms with Gasteiger partial charge in [0.25, 0.3) is 0 Å². The summed E-state index contributed by atoms with van der Waals surface area (Å²) in [7, 11) is 0. The van der Waals surface area contributed by atoms with Gasteiger partial charge < -0.3 is 14.8 Å². The molecule has 1 N–H and O–H groups in total. The number of benzene rings is 1. The van der Waals surface area contributed by atoms with Crippen molar-refractivity contribution in [3.8, 4) is 11.5 Å². The highest BCUT2D eigenvalue weighted by Crippen LogP contribution is 2.44. The van der Waals surface area contributed by atoms with Crippen molar-refractivity contribution >= 4 is 0 Å². The third-order valence-corrected chi connectivity index (χ3v) is 4.43. The van der Waals surface area contributed by atoms with Crippen molar-refractivity contribution in [2.45, 2.75) is 31.6 Å². The summed E-state index contributed by atoms with van der Waals surface area (Å²) in [6.07, 6.45) is 4.74. The largest absolute Gasteiger partial charge is 0.493 e. The van der Waals surface area contributed by atoms with E-state index in [2.05, 4.69) is 11.4 Å². The lowest BCUT2D eigenvalue weighted by Crippen LogP contribution is -2.29. The highest BCUT2D eigenvalue weighted by atomic mass is 16.5. The third kappa shape index (κ3) is 1.53. The Morgan fingerprint density at radius 2 is 1.78 bits per heavy atom. The second-order valence-corrected chi connectivity index (χ2v) is 5.48. The van der Waals surface area contributed by atoms with Gasteiger partial charge in [-0.2, -0.15) is 0 Å². The first-order chi connectivity index (χ1) is 8.93. The van der Waals surface area contributed by atoms with Gasteiger partial charge in [0.2, 0.25) is 0 Å². The summed E-state index contributed by atoms with van der Waals surface area (Å²) in [4.78, 5) is 0. The summed E-state index contributed by atoms with van der Waals surface area (Å²) < 4.78 is 11.5. The molecule has 0 unspecified atom stereocenters. The fourth-order valence-corrected chi connectivity index (χ4v) is 3.63. The molecule has 3 nitrogen and oxygen atoms in total. The summed E-state index contributed by atoms with van der Waals surface area (Å²) in [6, 6.07) is 2.12. The van der Waals surface area contributed by atoms with E-state index in [1.165, 1.54) is 30.5 Å². The van der Waals surface area contributed by atoms with Crippen molar-refractivity contribution in [3.05, 3.63) is 22.8 Å². The van der Waals surface area contributed by atoms with Gasteiger partial charge in [-0.25, -0.2) is 0 Å². The van der Waals surface area contributed by atoms with E-state index in [1.54, 1.807) is 5.56 Å². The van der Waals surface area contributed by atoms with Gasteiger partial charge in [-0.1, -0.05) is 0 Å².